The Morgan fingerprint density at radius 3 is 2.38 bits per heavy atom. The van der Waals surface area contributed by atoms with Gasteiger partial charge in [-0.2, -0.15) is 0 Å². The molecule has 1 saturated heterocycles. The number of piperidine rings is 1. The van der Waals surface area contributed by atoms with Gasteiger partial charge in [0.25, 0.3) is 5.56 Å². The van der Waals surface area contributed by atoms with Crippen LogP contribution in [0.1, 0.15) is 26.7 Å². The number of aromatic nitrogens is 2. The molecule has 0 bridgehead atoms. The summed E-state index contributed by atoms with van der Waals surface area (Å²) in [4.78, 5) is 39.1. The normalized spacial score (nSPS) is 14.7. The van der Waals surface area contributed by atoms with Crippen molar-refractivity contribution in [2.24, 2.45) is 13.0 Å². The number of carbonyl (C=O) groups is 1. The first-order chi connectivity index (χ1) is 13.9. The van der Waals surface area contributed by atoms with Crippen molar-refractivity contribution >= 4 is 17.4 Å². The van der Waals surface area contributed by atoms with Crippen LogP contribution in [-0.4, -0.2) is 34.7 Å². The molecule has 1 aliphatic heterocycles. The Hall–Kier alpha value is -3.03. The summed E-state index contributed by atoms with van der Waals surface area (Å²) in [7, 11) is 1.48. The zero-order chi connectivity index (χ0) is 21.0. The summed E-state index contributed by atoms with van der Waals surface area (Å²) in [6, 6.07) is 8.84. The predicted molar refractivity (Wildman–Crippen MR) is 113 cm³/mol. The fourth-order valence-electron chi connectivity index (χ4n) is 3.63. The zero-order valence-electron chi connectivity index (χ0n) is 17.2. The lowest BCUT2D eigenvalue weighted by Gasteiger charge is -2.34. The summed E-state index contributed by atoms with van der Waals surface area (Å²) >= 11 is 0. The Bertz CT molecular complexity index is 970. The van der Waals surface area contributed by atoms with E-state index in [1.165, 1.54) is 13.1 Å². The van der Waals surface area contributed by atoms with Crippen molar-refractivity contribution in [1.29, 1.82) is 0 Å². The van der Waals surface area contributed by atoms with Crippen molar-refractivity contribution < 1.29 is 9.53 Å². The third-order valence-corrected chi connectivity index (χ3v) is 5.32. The first kappa shape index (κ1) is 20.7. The molecule has 0 aliphatic carbocycles. The van der Waals surface area contributed by atoms with Gasteiger partial charge in [0, 0.05) is 44.4 Å². The molecule has 3 rings (SSSR count). The van der Waals surface area contributed by atoms with Crippen molar-refractivity contribution in [2.75, 3.05) is 29.9 Å². The highest BCUT2D eigenvalue weighted by Crippen LogP contribution is 2.24. The molecule has 29 heavy (non-hydrogen) atoms. The average molecular weight is 400 g/mol. The molecule has 1 fully saturated rings. The van der Waals surface area contributed by atoms with E-state index in [2.05, 4.69) is 5.32 Å². The predicted octanol–water partition coefficient (Wildman–Crippen LogP) is 1.82. The molecule has 1 aromatic heterocycles. The smallest absolute Gasteiger partial charge is 0.332 e. The second-order valence-corrected chi connectivity index (χ2v) is 7.13. The number of hydrogen-bond acceptors (Lipinski definition) is 5. The molecule has 1 aromatic carbocycles. The minimum atomic E-state index is -0.315. The molecule has 2 heterocycles. The SMILES string of the molecule is CCOc1ccc(NC(=O)C2CCN(c3cc(=O)n(C)c(=O)n3CC)CC2)cc1. The second kappa shape index (κ2) is 8.98. The molecule has 0 radical (unpaired) electrons. The van der Waals surface area contributed by atoms with Crippen LogP contribution in [0.3, 0.4) is 0 Å². The van der Waals surface area contributed by atoms with E-state index in [4.69, 9.17) is 4.74 Å². The van der Waals surface area contributed by atoms with Gasteiger partial charge in [0.15, 0.2) is 0 Å². The average Bonchev–Trinajstić information content (AvgIpc) is 2.73. The molecule has 8 nitrogen and oxygen atoms in total. The maximum atomic E-state index is 12.6. The molecule has 2 aromatic rings. The molecule has 1 amide bonds. The van der Waals surface area contributed by atoms with Gasteiger partial charge in [0.1, 0.15) is 11.6 Å². The quantitative estimate of drug-likeness (QED) is 0.800. The van der Waals surface area contributed by atoms with Crippen LogP contribution >= 0.6 is 0 Å². The van der Waals surface area contributed by atoms with Crippen molar-refractivity contribution in [1.82, 2.24) is 9.13 Å². The topological polar surface area (TPSA) is 85.6 Å². The van der Waals surface area contributed by atoms with Crippen LogP contribution in [0.15, 0.2) is 39.9 Å². The van der Waals surface area contributed by atoms with Crippen LogP contribution < -0.4 is 26.2 Å². The van der Waals surface area contributed by atoms with Gasteiger partial charge in [0.05, 0.1) is 6.61 Å². The van der Waals surface area contributed by atoms with Gasteiger partial charge in [-0.05, 0) is 51.0 Å². The second-order valence-electron chi connectivity index (χ2n) is 7.13. The summed E-state index contributed by atoms with van der Waals surface area (Å²) in [5.74, 6) is 1.29. The molecule has 0 unspecified atom stereocenters. The van der Waals surface area contributed by atoms with Crippen molar-refractivity contribution in [3.63, 3.8) is 0 Å². The Balaban J connectivity index is 1.64. The van der Waals surface area contributed by atoms with Gasteiger partial charge in [-0.15, -0.1) is 0 Å². The number of amides is 1. The van der Waals surface area contributed by atoms with Crippen molar-refractivity contribution in [3.8, 4) is 5.75 Å². The Kier molecular flexibility index (Phi) is 6.41. The molecule has 1 N–H and O–H groups in total. The van der Waals surface area contributed by atoms with Gasteiger partial charge >= 0.3 is 5.69 Å². The van der Waals surface area contributed by atoms with E-state index in [9.17, 15) is 14.4 Å². The van der Waals surface area contributed by atoms with E-state index in [0.29, 0.717) is 44.9 Å². The van der Waals surface area contributed by atoms with Crippen molar-refractivity contribution in [3.05, 3.63) is 51.2 Å². The minimum Gasteiger partial charge on any atom is -0.494 e. The van der Waals surface area contributed by atoms with Crippen LogP contribution in [0, 0.1) is 5.92 Å². The van der Waals surface area contributed by atoms with Gasteiger partial charge in [-0.1, -0.05) is 0 Å². The number of rotatable bonds is 6. The van der Waals surface area contributed by atoms with Crippen LogP contribution in [0.25, 0.3) is 0 Å². The molecule has 1 aliphatic rings. The monoisotopic (exact) mass is 400 g/mol. The summed E-state index contributed by atoms with van der Waals surface area (Å²) in [5, 5.41) is 2.96. The van der Waals surface area contributed by atoms with E-state index >= 15 is 0 Å². The fourth-order valence-corrected chi connectivity index (χ4v) is 3.63. The van der Waals surface area contributed by atoms with Crippen molar-refractivity contribution in [2.45, 2.75) is 33.2 Å². The summed E-state index contributed by atoms with van der Waals surface area (Å²) in [5.41, 5.74) is 0.114. The minimum absolute atomic E-state index is 0.00864. The maximum absolute atomic E-state index is 12.6. The van der Waals surface area contributed by atoms with E-state index in [-0.39, 0.29) is 23.1 Å². The first-order valence-corrected chi connectivity index (χ1v) is 10.0. The largest absolute Gasteiger partial charge is 0.494 e. The van der Waals surface area contributed by atoms with Gasteiger partial charge in [0.2, 0.25) is 5.91 Å². The van der Waals surface area contributed by atoms with E-state index in [1.54, 1.807) is 4.57 Å². The van der Waals surface area contributed by atoms with Gasteiger partial charge in [-0.3, -0.25) is 18.7 Å². The molecule has 0 atom stereocenters. The highest BCUT2D eigenvalue weighted by molar-refractivity contribution is 5.92. The van der Waals surface area contributed by atoms with E-state index in [0.717, 1.165) is 16.0 Å². The van der Waals surface area contributed by atoms with E-state index in [1.807, 2.05) is 43.0 Å². The zero-order valence-corrected chi connectivity index (χ0v) is 17.2. The third-order valence-electron chi connectivity index (χ3n) is 5.32. The number of benzene rings is 1. The van der Waals surface area contributed by atoms with Crippen LogP contribution in [-0.2, 0) is 18.4 Å². The Labute approximate surface area is 169 Å². The lowest BCUT2D eigenvalue weighted by molar-refractivity contribution is -0.120. The van der Waals surface area contributed by atoms with Gasteiger partial charge < -0.3 is 15.0 Å². The maximum Gasteiger partial charge on any atom is 0.332 e. The van der Waals surface area contributed by atoms with Gasteiger partial charge in [-0.25, -0.2) is 4.79 Å². The molecule has 156 valence electrons. The lowest BCUT2D eigenvalue weighted by Crippen LogP contribution is -2.44. The number of nitrogens with one attached hydrogen (secondary N) is 1. The highest BCUT2D eigenvalue weighted by atomic mass is 16.5. The van der Waals surface area contributed by atoms with E-state index < -0.39 is 0 Å². The third kappa shape index (κ3) is 4.52. The number of nitrogens with zero attached hydrogens (tertiary/aromatic N) is 3. The highest BCUT2D eigenvalue weighted by Gasteiger charge is 2.27. The van der Waals surface area contributed by atoms with Crippen LogP contribution in [0.5, 0.6) is 5.75 Å². The molecular weight excluding hydrogens is 372 g/mol. The van der Waals surface area contributed by atoms with Crippen LogP contribution in [0.2, 0.25) is 0 Å². The molecule has 0 saturated carbocycles. The van der Waals surface area contributed by atoms with Crippen LogP contribution in [0.4, 0.5) is 11.5 Å². The number of hydrogen-bond donors (Lipinski definition) is 1. The standard InChI is InChI=1S/C21H28N4O4/c1-4-25-18(14-19(26)23(3)21(25)28)24-12-10-15(11-13-24)20(27)22-16-6-8-17(9-7-16)29-5-2/h6-9,14-15H,4-5,10-13H2,1-3H3,(H,22,27). The Morgan fingerprint density at radius 2 is 1.79 bits per heavy atom. The molecule has 8 heteroatoms. The lowest BCUT2D eigenvalue weighted by atomic mass is 9.95. The number of anilines is 2. The fraction of sp³-hybridized carbons (Fsp3) is 0.476. The summed E-state index contributed by atoms with van der Waals surface area (Å²) in [6.45, 7) is 6.13. The summed E-state index contributed by atoms with van der Waals surface area (Å²) < 4.78 is 8.13. The number of ether oxygens (including phenoxy) is 1. The Morgan fingerprint density at radius 1 is 1.14 bits per heavy atom. The summed E-state index contributed by atoms with van der Waals surface area (Å²) in [6.07, 6.45) is 1.33. The molecule has 0 spiro atoms. The first-order valence-electron chi connectivity index (χ1n) is 10.0. The number of carbonyl (C=O) groups excluding carboxylic acids is 1. The molecular formula is C21H28N4O4.